The standard InChI is InChI=1S/C19H20N2O3S/c1-3-13-5-7-14(8-6-13)24-12-18(22)21-19-20-16-10-9-15(23-4-2)11-17(16)25-19/h5-11H,3-4,12H2,1-2H3,(H,20,21,22). The van der Waals surface area contributed by atoms with Crippen LogP contribution in [0.2, 0.25) is 0 Å². The SMILES string of the molecule is CCOc1ccc2nc(NC(=O)COc3ccc(CC)cc3)sc2c1. The zero-order valence-corrected chi connectivity index (χ0v) is 15.1. The molecule has 0 aliphatic carbocycles. The molecule has 0 radical (unpaired) electrons. The molecule has 0 saturated carbocycles. The molecule has 2 aromatic carbocycles. The van der Waals surface area contributed by atoms with Gasteiger partial charge in [0.2, 0.25) is 0 Å². The number of benzene rings is 2. The minimum Gasteiger partial charge on any atom is -0.494 e. The van der Waals surface area contributed by atoms with Crippen molar-refractivity contribution in [2.75, 3.05) is 18.5 Å². The number of aromatic nitrogens is 1. The number of hydrogen-bond donors (Lipinski definition) is 1. The number of thiazole rings is 1. The third-order valence-electron chi connectivity index (χ3n) is 3.62. The fourth-order valence-corrected chi connectivity index (χ4v) is 3.25. The first-order chi connectivity index (χ1) is 12.2. The number of carbonyl (C=O) groups excluding carboxylic acids is 1. The molecule has 0 fully saturated rings. The maximum atomic E-state index is 12.1. The smallest absolute Gasteiger partial charge is 0.264 e. The van der Waals surface area contributed by atoms with Gasteiger partial charge in [-0.3, -0.25) is 10.1 Å². The maximum absolute atomic E-state index is 12.1. The van der Waals surface area contributed by atoms with Crippen molar-refractivity contribution in [2.45, 2.75) is 20.3 Å². The molecule has 3 rings (SSSR count). The number of fused-ring (bicyclic) bond motifs is 1. The first-order valence-electron chi connectivity index (χ1n) is 8.23. The van der Waals surface area contributed by atoms with Gasteiger partial charge in [-0.2, -0.15) is 0 Å². The molecule has 3 aromatic rings. The zero-order valence-electron chi connectivity index (χ0n) is 14.2. The van der Waals surface area contributed by atoms with Crippen molar-refractivity contribution < 1.29 is 14.3 Å². The molecule has 130 valence electrons. The van der Waals surface area contributed by atoms with Crippen molar-refractivity contribution in [3.8, 4) is 11.5 Å². The number of anilines is 1. The van der Waals surface area contributed by atoms with E-state index in [1.807, 2.05) is 49.4 Å². The summed E-state index contributed by atoms with van der Waals surface area (Å²) in [5.74, 6) is 1.25. The van der Waals surface area contributed by atoms with Gasteiger partial charge in [-0.25, -0.2) is 4.98 Å². The molecule has 1 amide bonds. The highest BCUT2D eigenvalue weighted by molar-refractivity contribution is 7.22. The summed E-state index contributed by atoms with van der Waals surface area (Å²) in [5, 5.41) is 3.33. The van der Waals surface area contributed by atoms with Gasteiger partial charge in [-0.05, 0) is 49.2 Å². The average molecular weight is 356 g/mol. The lowest BCUT2D eigenvalue weighted by Gasteiger charge is -2.06. The van der Waals surface area contributed by atoms with Gasteiger partial charge in [-0.15, -0.1) is 0 Å². The fourth-order valence-electron chi connectivity index (χ4n) is 2.34. The third kappa shape index (κ3) is 4.48. The zero-order chi connectivity index (χ0) is 17.6. The second-order valence-corrected chi connectivity index (χ2v) is 6.45. The maximum Gasteiger partial charge on any atom is 0.264 e. The van der Waals surface area contributed by atoms with E-state index in [-0.39, 0.29) is 12.5 Å². The van der Waals surface area contributed by atoms with Crippen LogP contribution in [0.25, 0.3) is 10.2 Å². The summed E-state index contributed by atoms with van der Waals surface area (Å²) in [7, 11) is 0. The van der Waals surface area contributed by atoms with E-state index in [4.69, 9.17) is 9.47 Å². The highest BCUT2D eigenvalue weighted by atomic mass is 32.1. The normalized spacial score (nSPS) is 10.6. The van der Waals surface area contributed by atoms with Crippen molar-refractivity contribution in [3.05, 3.63) is 48.0 Å². The van der Waals surface area contributed by atoms with Gasteiger partial charge in [0.1, 0.15) is 11.5 Å². The minimum atomic E-state index is -0.233. The molecule has 1 N–H and O–H groups in total. The van der Waals surface area contributed by atoms with Crippen LogP contribution in [0.15, 0.2) is 42.5 Å². The van der Waals surface area contributed by atoms with Gasteiger partial charge in [0, 0.05) is 0 Å². The molecular weight excluding hydrogens is 336 g/mol. The van der Waals surface area contributed by atoms with E-state index < -0.39 is 0 Å². The van der Waals surface area contributed by atoms with E-state index in [1.54, 1.807) is 0 Å². The minimum absolute atomic E-state index is 0.0500. The Morgan fingerprint density at radius 1 is 1.08 bits per heavy atom. The van der Waals surface area contributed by atoms with E-state index in [9.17, 15) is 4.79 Å². The summed E-state index contributed by atoms with van der Waals surface area (Å²) in [6, 6.07) is 13.4. The van der Waals surface area contributed by atoms with Crippen LogP contribution in [0.5, 0.6) is 11.5 Å². The molecule has 0 atom stereocenters. The number of rotatable bonds is 7. The third-order valence-corrected chi connectivity index (χ3v) is 4.55. The summed E-state index contributed by atoms with van der Waals surface area (Å²) >= 11 is 1.41. The Bertz CT molecular complexity index is 859. The molecule has 0 unspecified atom stereocenters. The Morgan fingerprint density at radius 3 is 2.56 bits per heavy atom. The van der Waals surface area contributed by atoms with Gasteiger partial charge in [0.05, 0.1) is 16.8 Å². The van der Waals surface area contributed by atoms with Crippen molar-refractivity contribution in [3.63, 3.8) is 0 Å². The number of carbonyl (C=O) groups is 1. The Labute approximate surface area is 150 Å². The van der Waals surface area contributed by atoms with Gasteiger partial charge in [0.15, 0.2) is 11.7 Å². The summed E-state index contributed by atoms with van der Waals surface area (Å²) in [6.45, 7) is 4.60. The monoisotopic (exact) mass is 356 g/mol. The lowest BCUT2D eigenvalue weighted by atomic mass is 10.2. The molecular formula is C19H20N2O3S. The van der Waals surface area contributed by atoms with Crippen LogP contribution in [-0.2, 0) is 11.2 Å². The second kappa shape index (κ2) is 7.98. The average Bonchev–Trinajstić information content (AvgIpc) is 3.02. The molecule has 0 saturated heterocycles. The van der Waals surface area contributed by atoms with E-state index in [2.05, 4.69) is 17.2 Å². The Morgan fingerprint density at radius 2 is 1.84 bits per heavy atom. The van der Waals surface area contributed by atoms with Crippen LogP contribution in [0.4, 0.5) is 5.13 Å². The Hall–Kier alpha value is -2.60. The quantitative estimate of drug-likeness (QED) is 0.686. The van der Waals surface area contributed by atoms with Gasteiger partial charge in [-0.1, -0.05) is 30.4 Å². The molecule has 5 nitrogen and oxygen atoms in total. The van der Waals surface area contributed by atoms with E-state index >= 15 is 0 Å². The number of amides is 1. The molecule has 0 spiro atoms. The Kier molecular flexibility index (Phi) is 5.50. The summed E-state index contributed by atoms with van der Waals surface area (Å²) in [4.78, 5) is 16.5. The van der Waals surface area contributed by atoms with Crippen LogP contribution in [-0.4, -0.2) is 24.1 Å². The summed E-state index contributed by atoms with van der Waals surface area (Å²) in [5.41, 5.74) is 2.07. The number of nitrogens with zero attached hydrogens (tertiary/aromatic N) is 1. The van der Waals surface area contributed by atoms with E-state index in [0.29, 0.717) is 17.5 Å². The molecule has 6 heteroatoms. The number of nitrogens with one attached hydrogen (secondary N) is 1. The van der Waals surface area contributed by atoms with E-state index in [1.165, 1.54) is 16.9 Å². The Balaban J connectivity index is 1.59. The van der Waals surface area contributed by atoms with Crippen molar-refractivity contribution >= 4 is 32.6 Å². The molecule has 1 heterocycles. The molecule has 0 bridgehead atoms. The molecule has 25 heavy (non-hydrogen) atoms. The highest BCUT2D eigenvalue weighted by Gasteiger charge is 2.09. The van der Waals surface area contributed by atoms with Crippen molar-refractivity contribution in [1.82, 2.24) is 4.98 Å². The van der Waals surface area contributed by atoms with Crippen LogP contribution in [0.3, 0.4) is 0 Å². The van der Waals surface area contributed by atoms with Crippen LogP contribution in [0.1, 0.15) is 19.4 Å². The number of ether oxygens (including phenoxy) is 2. The molecule has 0 aliphatic heterocycles. The first-order valence-corrected chi connectivity index (χ1v) is 9.04. The molecule has 0 aliphatic rings. The van der Waals surface area contributed by atoms with E-state index in [0.717, 1.165) is 22.4 Å². The second-order valence-electron chi connectivity index (χ2n) is 5.42. The van der Waals surface area contributed by atoms with Gasteiger partial charge < -0.3 is 9.47 Å². The van der Waals surface area contributed by atoms with Crippen LogP contribution >= 0.6 is 11.3 Å². The van der Waals surface area contributed by atoms with Crippen LogP contribution < -0.4 is 14.8 Å². The van der Waals surface area contributed by atoms with Crippen LogP contribution in [0, 0.1) is 0 Å². The topological polar surface area (TPSA) is 60.5 Å². The first kappa shape index (κ1) is 17.2. The predicted octanol–water partition coefficient (Wildman–Crippen LogP) is 4.27. The number of hydrogen-bond acceptors (Lipinski definition) is 5. The fraction of sp³-hybridized carbons (Fsp3) is 0.263. The lowest BCUT2D eigenvalue weighted by molar-refractivity contribution is -0.118. The van der Waals surface area contributed by atoms with Crippen molar-refractivity contribution in [2.24, 2.45) is 0 Å². The predicted molar refractivity (Wildman–Crippen MR) is 101 cm³/mol. The number of aryl methyl sites for hydroxylation is 1. The van der Waals surface area contributed by atoms with Gasteiger partial charge >= 0.3 is 0 Å². The highest BCUT2D eigenvalue weighted by Crippen LogP contribution is 2.29. The van der Waals surface area contributed by atoms with Gasteiger partial charge in [0.25, 0.3) is 5.91 Å². The summed E-state index contributed by atoms with van der Waals surface area (Å²) < 4.78 is 12.0. The largest absolute Gasteiger partial charge is 0.494 e. The summed E-state index contributed by atoms with van der Waals surface area (Å²) in [6.07, 6.45) is 0.976. The van der Waals surface area contributed by atoms with Crippen molar-refractivity contribution in [1.29, 1.82) is 0 Å². The lowest BCUT2D eigenvalue weighted by Crippen LogP contribution is -2.19. The molecule has 1 aromatic heterocycles.